The van der Waals surface area contributed by atoms with E-state index in [9.17, 15) is 0 Å². The summed E-state index contributed by atoms with van der Waals surface area (Å²) >= 11 is 0. The summed E-state index contributed by atoms with van der Waals surface area (Å²) in [6.45, 7) is 4.04. The minimum atomic E-state index is -0.260. The van der Waals surface area contributed by atoms with Crippen LogP contribution in [0.2, 0.25) is 0 Å². The molecule has 0 aromatic heterocycles. The van der Waals surface area contributed by atoms with Crippen LogP contribution < -0.4 is 0 Å². The van der Waals surface area contributed by atoms with Crippen LogP contribution in [0, 0.1) is 17.8 Å². The average Bonchev–Trinajstić information content (AvgIpc) is 2.38. The van der Waals surface area contributed by atoms with E-state index in [0.29, 0.717) is 5.41 Å². The molecule has 96 valence electrons. The smallest absolute Gasteiger partial charge is 0.168 e. The third-order valence-corrected chi connectivity index (χ3v) is 4.23. The lowest BCUT2D eigenvalue weighted by molar-refractivity contribution is -0.344. The monoisotopic (exact) mass is 236 g/mol. The van der Waals surface area contributed by atoms with E-state index in [1.807, 2.05) is 0 Å². The number of ether oxygens (including phenoxy) is 2. The van der Waals surface area contributed by atoms with Gasteiger partial charge in [-0.2, -0.15) is 0 Å². The van der Waals surface area contributed by atoms with Gasteiger partial charge in [-0.15, -0.1) is 12.3 Å². The molecule has 0 saturated carbocycles. The molecular formula is C15H24O2. The molecule has 0 aromatic rings. The van der Waals surface area contributed by atoms with Crippen LogP contribution in [0.5, 0.6) is 0 Å². The maximum atomic E-state index is 6.03. The number of unbranched alkanes of at least 4 members (excludes halogenated alkanes) is 2. The van der Waals surface area contributed by atoms with Crippen molar-refractivity contribution in [2.75, 3.05) is 13.2 Å². The fourth-order valence-electron chi connectivity index (χ4n) is 3.09. The van der Waals surface area contributed by atoms with Crippen LogP contribution in [0.4, 0.5) is 0 Å². The summed E-state index contributed by atoms with van der Waals surface area (Å²) in [6.07, 6.45) is 14.2. The molecule has 3 saturated heterocycles. The molecule has 0 aliphatic carbocycles. The van der Waals surface area contributed by atoms with Gasteiger partial charge in [-0.25, -0.2) is 0 Å². The molecule has 0 atom stereocenters. The number of hydrogen-bond donors (Lipinski definition) is 0. The van der Waals surface area contributed by atoms with Crippen LogP contribution in [-0.2, 0) is 9.47 Å². The fraction of sp³-hybridized carbons (Fsp3) is 0.867. The number of terminal acetylenes is 1. The number of hydrogen-bond acceptors (Lipinski definition) is 2. The van der Waals surface area contributed by atoms with E-state index in [1.54, 1.807) is 0 Å². The van der Waals surface area contributed by atoms with Crippen molar-refractivity contribution in [2.45, 2.75) is 64.1 Å². The summed E-state index contributed by atoms with van der Waals surface area (Å²) in [5.41, 5.74) is 0.329. The molecule has 3 aliphatic rings. The first-order valence-corrected chi connectivity index (χ1v) is 6.96. The van der Waals surface area contributed by atoms with Gasteiger partial charge in [-0.3, -0.25) is 0 Å². The van der Waals surface area contributed by atoms with Gasteiger partial charge in [0, 0.05) is 24.7 Å². The van der Waals surface area contributed by atoms with E-state index in [4.69, 9.17) is 15.9 Å². The Morgan fingerprint density at radius 2 is 1.88 bits per heavy atom. The Bertz CT molecular complexity index is 265. The SMILES string of the molecule is C#CCCCCC12CCC(CCC)(CO1)CO2. The molecule has 0 N–H and O–H groups in total. The predicted octanol–water partition coefficient (Wildman–Crippen LogP) is 3.50. The summed E-state index contributed by atoms with van der Waals surface area (Å²) in [5.74, 6) is 2.43. The van der Waals surface area contributed by atoms with Crippen LogP contribution >= 0.6 is 0 Å². The molecule has 3 aliphatic heterocycles. The Labute approximate surface area is 105 Å². The minimum absolute atomic E-state index is 0.260. The Balaban J connectivity index is 1.80. The quantitative estimate of drug-likeness (QED) is 0.519. The molecule has 0 spiro atoms. The zero-order valence-corrected chi connectivity index (χ0v) is 11.0. The van der Waals surface area contributed by atoms with Gasteiger partial charge in [0.25, 0.3) is 0 Å². The van der Waals surface area contributed by atoms with E-state index in [2.05, 4.69) is 12.8 Å². The Morgan fingerprint density at radius 1 is 1.12 bits per heavy atom. The van der Waals surface area contributed by atoms with Gasteiger partial charge in [0.15, 0.2) is 5.79 Å². The summed E-state index contributed by atoms with van der Waals surface area (Å²) in [7, 11) is 0. The van der Waals surface area contributed by atoms with Crippen molar-refractivity contribution in [1.82, 2.24) is 0 Å². The van der Waals surface area contributed by atoms with Gasteiger partial charge in [0.05, 0.1) is 13.2 Å². The molecule has 2 nitrogen and oxygen atoms in total. The summed E-state index contributed by atoms with van der Waals surface area (Å²) in [6, 6.07) is 0. The molecule has 0 aromatic carbocycles. The molecule has 0 unspecified atom stereocenters. The standard InChI is InChI=1S/C15H24O2/c1-3-5-6-7-9-15-11-10-14(8-4-2,12-16-15)13-17-15/h1H,4-13H2,2H3. The molecule has 0 amide bonds. The van der Waals surface area contributed by atoms with Gasteiger partial charge in [0.2, 0.25) is 0 Å². The second kappa shape index (κ2) is 5.42. The first-order valence-electron chi connectivity index (χ1n) is 6.96. The number of rotatable bonds is 6. The van der Waals surface area contributed by atoms with Crippen LogP contribution in [0.25, 0.3) is 0 Å². The van der Waals surface area contributed by atoms with Gasteiger partial charge < -0.3 is 9.47 Å². The molecule has 0 radical (unpaired) electrons. The Hall–Kier alpha value is -0.520. The largest absolute Gasteiger partial charge is 0.349 e. The Morgan fingerprint density at radius 3 is 2.41 bits per heavy atom. The maximum absolute atomic E-state index is 6.03. The van der Waals surface area contributed by atoms with Crippen molar-refractivity contribution in [1.29, 1.82) is 0 Å². The maximum Gasteiger partial charge on any atom is 0.168 e. The van der Waals surface area contributed by atoms with Crippen molar-refractivity contribution in [3.8, 4) is 12.3 Å². The van der Waals surface area contributed by atoms with Gasteiger partial charge in [0.1, 0.15) is 0 Å². The molecule has 3 rings (SSSR count). The zero-order chi connectivity index (χ0) is 12.2. The van der Waals surface area contributed by atoms with Crippen molar-refractivity contribution in [2.24, 2.45) is 5.41 Å². The zero-order valence-electron chi connectivity index (χ0n) is 11.0. The fourth-order valence-corrected chi connectivity index (χ4v) is 3.09. The average molecular weight is 236 g/mol. The first kappa shape index (κ1) is 12.9. The molecular weight excluding hydrogens is 212 g/mol. The highest BCUT2D eigenvalue weighted by atomic mass is 16.7. The second-order valence-corrected chi connectivity index (χ2v) is 5.65. The predicted molar refractivity (Wildman–Crippen MR) is 68.5 cm³/mol. The number of fused-ring (bicyclic) bond motifs is 3. The molecule has 3 heterocycles. The highest BCUT2D eigenvalue weighted by Crippen LogP contribution is 2.48. The summed E-state index contributed by atoms with van der Waals surface area (Å²) in [5, 5.41) is 0. The van der Waals surface area contributed by atoms with Crippen molar-refractivity contribution < 1.29 is 9.47 Å². The molecule has 2 bridgehead atoms. The van der Waals surface area contributed by atoms with Crippen LogP contribution in [0.1, 0.15) is 58.3 Å². The molecule has 3 fully saturated rings. The molecule has 17 heavy (non-hydrogen) atoms. The summed E-state index contributed by atoms with van der Waals surface area (Å²) in [4.78, 5) is 0. The van der Waals surface area contributed by atoms with Crippen LogP contribution in [0.3, 0.4) is 0 Å². The van der Waals surface area contributed by atoms with E-state index in [1.165, 1.54) is 19.3 Å². The minimum Gasteiger partial charge on any atom is -0.349 e. The van der Waals surface area contributed by atoms with Crippen molar-refractivity contribution in [3.05, 3.63) is 0 Å². The lowest BCUT2D eigenvalue weighted by atomic mass is 9.74. The normalized spacial score (nSPS) is 35.8. The van der Waals surface area contributed by atoms with Crippen LogP contribution in [-0.4, -0.2) is 19.0 Å². The second-order valence-electron chi connectivity index (χ2n) is 5.65. The van der Waals surface area contributed by atoms with Gasteiger partial charge in [-0.05, 0) is 25.7 Å². The van der Waals surface area contributed by atoms with Crippen molar-refractivity contribution >= 4 is 0 Å². The first-order chi connectivity index (χ1) is 8.24. The third-order valence-electron chi connectivity index (χ3n) is 4.23. The lowest BCUT2D eigenvalue weighted by Gasteiger charge is -2.53. The lowest BCUT2D eigenvalue weighted by Crippen LogP contribution is -2.55. The van der Waals surface area contributed by atoms with E-state index in [-0.39, 0.29) is 5.79 Å². The molecule has 2 heteroatoms. The van der Waals surface area contributed by atoms with Crippen molar-refractivity contribution in [3.63, 3.8) is 0 Å². The van der Waals surface area contributed by atoms with E-state index < -0.39 is 0 Å². The van der Waals surface area contributed by atoms with Gasteiger partial charge >= 0.3 is 0 Å². The third kappa shape index (κ3) is 2.84. The topological polar surface area (TPSA) is 18.5 Å². The van der Waals surface area contributed by atoms with Crippen LogP contribution in [0.15, 0.2) is 0 Å². The van der Waals surface area contributed by atoms with Gasteiger partial charge in [-0.1, -0.05) is 13.3 Å². The summed E-state index contributed by atoms with van der Waals surface area (Å²) < 4.78 is 12.1. The van der Waals surface area contributed by atoms with E-state index in [0.717, 1.165) is 45.3 Å². The Kier molecular flexibility index (Phi) is 4.12. The highest BCUT2D eigenvalue weighted by molar-refractivity contribution is 4.93. The van der Waals surface area contributed by atoms with E-state index >= 15 is 0 Å². The highest BCUT2D eigenvalue weighted by Gasteiger charge is 2.49.